The summed E-state index contributed by atoms with van der Waals surface area (Å²) in [6, 6.07) is 3.94. The Morgan fingerprint density at radius 3 is 2.79 bits per heavy atom. The van der Waals surface area contributed by atoms with E-state index in [0.29, 0.717) is 11.1 Å². The lowest BCUT2D eigenvalue weighted by molar-refractivity contribution is 0.483. The van der Waals surface area contributed by atoms with Crippen LogP contribution < -0.4 is 0 Å². The van der Waals surface area contributed by atoms with Crippen molar-refractivity contribution in [3.05, 3.63) is 23.0 Å². The maximum Gasteiger partial charge on any atom is 0.294 e. The number of benzene rings is 1. The monoisotopic (exact) mass is 231 g/mol. The second kappa shape index (κ2) is 2.91. The SMILES string of the molecule is O=S(=O)(O)c1ccc2[nH]c(=S)oc2c1. The van der Waals surface area contributed by atoms with Gasteiger partial charge >= 0.3 is 0 Å². The Morgan fingerprint density at radius 2 is 2.14 bits per heavy atom. The van der Waals surface area contributed by atoms with Crippen molar-refractivity contribution in [2.24, 2.45) is 0 Å². The number of rotatable bonds is 1. The number of fused-ring (bicyclic) bond motifs is 1. The molecule has 0 saturated carbocycles. The van der Waals surface area contributed by atoms with Crippen LogP contribution >= 0.6 is 12.2 Å². The predicted molar refractivity (Wildman–Crippen MR) is 51.2 cm³/mol. The van der Waals surface area contributed by atoms with Crippen molar-refractivity contribution in [2.45, 2.75) is 4.90 Å². The molecule has 0 aliphatic carbocycles. The summed E-state index contributed by atoms with van der Waals surface area (Å²) in [5.74, 6) is 0. The highest BCUT2D eigenvalue weighted by Gasteiger charge is 2.11. The van der Waals surface area contributed by atoms with Gasteiger partial charge in [0.15, 0.2) is 5.58 Å². The van der Waals surface area contributed by atoms with Gasteiger partial charge in [0, 0.05) is 6.07 Å². The van der Waals surface area contributed by atoms with Crippen LogP contribution in [-0.2, 0) is 10.1 Å². The van der Waals surface area contributed by atoms with Crippen molar-refractivity contribution in [2.75, 3.05) is 0 Å². The van der Waals surface area contributed by atoms with Gasteiger partial charge < -0.3 is 9.40 Å². The third-order valence-electron chi connectivity index (χ3n) is 1.69. The third-order valence-corrected chi connectivity index (χ3v) is 2.73. The average Bonchev–Trinajstić information content (AvgIpc) is 2.41. The number of aromatic nitrogens is 1. The summed E-state index contributed by atoms with van der Waals surface area (Å²) < 4.78 is 35.3. The quantitative estimate of drug-likeness (QED) is 0.577. The van der Waals surface area contributed by atoms with Crippen LogP contribution in [0.4, 0.5) is 0 Å². The van der Waals surface area contributed by atoms with Gasteiger partial charge in [0.1, 0.15) is 0 Å². The van der Waals surface area contributed by atoms with Crippen molar-refractivity contribution in [1.82, 2.24) is 4.98 Å². The molecule has 2 N–H and O–H groups in total. The molecule has 0 radical (unpaired) electrons. The zero-order valence-electron chi connectivity index (χ0n) is 6.72. The standard InChI is InChI=1S/C7H5NO4S2/c9-14(10,11)4-1-2-5-6(3-4)12-7(13)8-5/h1-3H,(H,8,13)(H,9,10,11). The average molecular weight is 231 g/mol. The van der Waals surface area contributed by atoms with Crippen LogP contribution in [0.1, 0.15) is 0 Å². The van der Waals surface area contributed by atoms with Crippen molar-refractivity contribution >= 4 is 33.4 Å². The molecule has 0 aliphatic rings. The summed E-state index contributed by atoms with van der Waals surface area (Å²) in [7, 11) is -4.19. The molecule has 7 heteroatoms. The summed E-state index contributed by atoms with van der Waals surface area (Å²) >= 11 is 4.72. The maximum absolute atomic E-state index is 10.8. The molecule has 0 unspecified atom stereocenters. The Balaban J connectivity index is 2.80. The highest BCUT2D eigenvalue weighted by atomic mass is 32.2. The number of H-pyrrole nitrogens is 1. The molecule has 0 fully saturated rings. The minimum absolute atomic E-state index is 0.160. The van der Waals surface area contributed by atoms with Gasteiger partial charge in [-0.3, -0.25) is 4.55 Å². The number of hydrogen-bond donors (Lipinski definition) is 2. The van der Waals surface area contributed by atoms with Crippen molar-refractivity contribution < 1.29 is 17.4 Å². The van der Waals surface area contributed by atoms with Gasteiger partial charge in [0.25, 0.3) is 15.0 Å². The van der Waals surface area contributed by atoms with E-state index in [1.807, 2.05) is 0 Å². The van der Waals surface area contributed by atoms with Crippen molar-refractivity contribution in [1.29, 1.82) is 0 Å². The Bertz CT molecular complexity index is 637. The molecule has 2 rings (SSSR count). The van der Waals surface area contributed by atoms with Crippen LogP contribution in [0.2, 0.25) is 0 Å². The minimum atomic E-state index is -4.19. The predicted octanol–water partition coefficient (Wildman–Crippen LogP) is 1.74. The lowest BCUT2D eigenvalue weighted by Crippen LogP contribution is -1.96. The van der Waals surface area contributed by atoms with E-state index in [-0.39, 0.29) is 9.73 Å². The van der Waals surface area contributed by atoms with Gasteiger partial charge in [-0.15, -0.1) is 0 Å². The molecule has 0 aliphatic heterocycles. The Labute approximate surface area is 84.1 Å². The molecule has 1 aromatic heterocycles. The molecule has 0 bridgehead atoms. The molecule has 0 saturated heterocycles. The second-order valence-electron chi connectivity index (χ2n) is 2.65. The summed E-state index contributed by atoms with van der Waals surface area (Å²) in [4.78, 5) is 2.65. The van der Waals surface area contributed by atoms with E-state index >= 15 is 0 Å². The highest BCUT2D eigenvalue weighted by Crippen LogP contribution is 2.18. The Morgan fingerprint density at radius 1 is 1.43 bits per heavy atom. The first-order valence-electron chi connectivity index (χ1n) is 3.57. The molecule has 1 heterocycles. The first kappa shape index (κ1) is 9.38. The molecule has 2 aromatic rings. The molecule has 14 heavy (non-hydrogen) atoms. The molecular weight excluding hydrogens is 226 g/mol. The first-order valence-corrected chi connectivity index (χ1v) is 5.42. The molecule has 5 nitrogen and oxygen atoms in total. The molecule has 0 atom stereocenters. The normalized spacial score (nSPS) is 12.1. The van der Waals surface area contributed by atoms with E-state index in [1.165, 1.54) is 18.2 Å². The van der Waals surface area contributed by atoms with Gasteiger partial charge in [0.2, 0.25) is 0 Å². The van der Waals surface area contributed by atoms with Crippen LogP contribution in [0.3, 0.4) is 0 Å². The smallest absolute Gasteiger partial charge is 0.294 e. The summed E-state index contributed by atoms with van der Waals surface area (Å²) in [6.45, 7) is 0. The van der Waals surface area contributed by atoms with Crippen LogP contribution in [0.25, 0.3) is 11.1 Å². The highest BCUT2D eigenvalue weighted by molar-refractivity contribution is 7.85. The number of hydrogen-bond acceptors (Lipinski definition) is 4. The van der Waals surface area contributed by atoms with E-state index < -0.39 is 10.1 Å². The zero-order chi connectivity index (χ0) is 10.3. The van der Waals surface area contributed by atoms with Gasteiger partial charge in [-0.1, -0.05) is 0 Å². The van der Waals surface area contributed by atoms with Gasteiger partial charge in [-0.25, -0.2) is 0 Å². The van der Waals surface area contributed by atoms with E-state index in [0.717, 1.165) is 0 Å². The van der Waals surface area contributed by atoms with E-state index in [4.69, 9.17) is 21.2 Å². The first-order chi connectivity index (χ1) is 6.47. The van der Waals surface area contributed by atoms with E-state index in [9.17, 15) is 8.42 Å². The van der Waals surface area contributed by atoms with Crippen LogP contribution in [-0.4, -0.2) is 18.0 Å². The molecule has 74 valence electrons. The Hall–Kier alpha value is -1.18. The van der Waals surface area contributed by atoms with Gasteiger partial charge in [-0.05, 0) is 24.4 Å². The fourth-order valence-electron chi connectivity index (χ4n) is 1.09. The largest absolute Gasteiger partial charge is 0.429 e. The Kier molecular flexibility index (Phi) is 1.95. The van der Waals surface area contributed by atoms with Crippen LogP contribution in [0, 0.1) is 4.84 Å². The maximum atomic E-state index is 10.8. The fraction of sp³-hybridized carbons (Fsp3) is 0. The van der Waals surface area contributed by atoms with Crippen LogP contribution in [0.15, 0.2) is 27.5 Å². The number of nitrogens with one attached hydrogen (secondary N) is 1. The fourth-order valence-corrected chi connectivity index (χ4v) is 1.78. The van der Waals surface area contributed by atoms with Crippen molar-refractivity contribution in [3.63, 3.8) is 0 Å². The lowest BCUT2D eigenvalue weighted by Gasteiger charge is -1.94. The third kappa shape index (κ3) is 1.57. The zero-order valence-corrected chi connectivity index (χ0v) is 8.35. The van der Waals surface area contributed by atoms with Crippen molar-refractivity contribution in [3.8, 4) is 0 Å². The topological polar surface area (TPSA) is 83.3 Å². The number of aromatic amines is 1. The second-order valence-corrected chi connectivity index (χ2v) is 4.44. The molecule has 0 spiro atoms. The van der Waals surface area contributed by atoms with E-state index in [2.05, 4.69) is 4.98 Å². The summed E-state index contributed by atoms with van der Waals surface area (Å²) in [5.41, 5.74) is 0.882. The van der Waals surface area contributed by atoms with Gasteiger partial charge in [-0.2, -0.15) is 8.42 Å². The molecular formula is C7H5NO4S2. The van der Waals surface area contributed by atoms with Crippen LogP contribution in [0.5, 0.6) is 0 Å². The molecule has 1 aromatic carbocycles. The number of oxazole rings is 1. The molecule has 0 amide bonds. The minimum Gasteiger partial charge on any atom is -0.429 e. The lowest BCUT2D eigenvalue weighted by atomic mass is 10.3. The van der Waals surface area contributed by atoms with Gasteiger partial charge in [0.05, 0.1) is 10.4 Å². The summed E-state index contributed by atoms with van der Waals surface area (Å²) in [5, 5.41) is 0. The van der Waals surface area contributed by atoms with E-state index in [1.54, 1.807) is 0 Å². The summed E-state index contributed by atoms with van der Waals surface area (Å²) in [6.07, 6.45) is 0.